The molecule has 1 amide bonds. The van der Waals surface area contributed by atoms with Gasteiger partial charge in [-0.05, 0) is 37.7 Å². The van der Waals surface area contributed by atoms with Crippen molar-refractivity contribution >= 4 is 23.2 Å². The Morgan fingerprint density at radius 1 is 1.30 bits per heavy atom. The van der Waals surface area contributed by atoms with Crippen LogP contribution in [0.25, 0.3) is 0 Å². The van der Waals surface area contributed by atoms with Gasteiger partial charge in [0.05, 0.1) is 6.54 Å². The largest absolute Gasteiger partial charge is 0.325 e. The third kappa shape index (κ3) is 5.90. The van der Waals surface area contributed by atoms with Crippen LogP contribution in [0.3, 0.4) is 0 Å². The van der Waals surface area contributed by atoms with E-state index in [-0.39, 0.29) is 5.91 Å². The molecule has 0 bridgehead atoms. The van der Waals surface area contributed by atoms with E-state index in [9.17, 15) is 4.79 Å². The Hall–Kier alpha value is -1.10. The zero-order chi connectivity index (χ0) is 15.0. The van der Waals surface area contributed by atoms with Crippen LogP contribution in [0.1, 0.15) is 19.4 Å². The molecule has 0 aliphatic carbocycles. The fraction of sp³-hybridized carbons (Fsp3) is 0.533. The topological polar surface area (TPSA) is 44.4 Å². The molecule has 0 unspecified atom stereocenters. The van der Waals surface area contributed by atoms with E-state index >= 15 is 0 Å². The number of nitrogens with one attached hydrogen (secondary N) is 2. The number of likely N-dealkylation sites (N-methyl/N-ethyl adjacent to an activating group) is 1. The first-order valence-corrected chi connectivity index (χ1v) is 7.43. The third-order valence-electron chi connectivity index (χ3n) is 3.26. The molecule has 1 aromatic rings. The molecule has 1 aromatic carbocycles. The van der Waals surface area contributed by atoms with Crippen LogP contribution >= 0.6 is 11.6 Å². The molecule has 5 heteroatoms. The minimum Gasteiger partial charge on any atom is -0.325 e. The van der Waals surface area contributed by atoms with Gasteiger partial charge in [-0.1, -0.05) is 31.5 Å². The number of nitrogens with zero attached hydrogens (tertiary/aromatic N) is 1. The van der Waals surface area contributed by atoms with Gasteiger partial charge < -0.3 is 15.5 Å². The minimum absolute atomic E-state index is 0.0464. The van der Waals surface area contributed by atoms with Crippen molar-refractivity contribution in [2.24, 2.45) is 0 Å². The summed E-state index contributed by atoms with van der Waals surface area (Å²) in [6, 6.07) is 5.48. The summed E-state index contributed by atoms with van der Waals surface area (Å²) in [4.78, 5) is 14.1. The van der Waals surface area contributed by atoms with Crippen molar-refractivity contribution < 1.29 is 4.79 Å². The second kappa shape index (κ2) is 8.95. The van der Waals surface area contributed by atoms with Gasteiger partial charge in [-0.25, -0.2) is 0 Å². The van der Waals surface area contributed by atoms with Crippen molar-refractivity contribution in [3.8, 4) is 0 Å². The summed E-state index contributed by atoms with van der Waals surface area (Å²) in [5.74, 6) is -0.0464. The van der Waals surface area contributed by atoms with Crippen LogP contribution in [-0.2, 0) is 4.79 Å². The Balaban J connectivity index is 2.32. The van der Waals surface area contributed by atoms with Gasteiger partial charge in [-0.15, -0.1) is 0 Å². The van der Waals surface area contributed by atoms with Gasteiger partial charge in [0.25, 0.3) is 0 Å². The molecule has 0 spiro atoms. The maximum absolute atomic E-state index is 11.8. The van der Waals surface area contributed by atoms with Crippen molar-refractivity contribution in [3.05, 3.63) is 28.8 Å². The van der Waals surface area contributed by atoms with Crippen LogP contribution in [0.15, 0.2) is 18.2 Å². The first kappa shape index (κ1) is 17.0. The fourth-order valence-electron chi connectivity index (χ4n) is 1.90. The molecule has 112 valence electrons. The molecule has 20 heavy (non-hydrogen) atoms. The third-order valence-corrected chi connectivity index (χ3v) is 3.49. The highest BCUT2D eigenvalue weighted by Gasteiger charge is 2.05. The van der Waals surface area contributed by atoms with Gasteiger partial charge in [0.15, 0.2) is 0 Å². The zero-order valence-corrected chi connectivity index (χ0v) is 13.3. The van der Waals surface area contributed by atoms with Gasteiger partial charge in [0, 0.05) is 23.8 Å². The number of rotatable bonds is 8. The maximum Gasteiger partial charge on any atom is 0.238 e. The smallest absolute Gasteiger partial charge is 0.238 e. The second-order valence-corrected chi connectivity index (χ2v) is 5.15. The van der Waals surface area contributed by atoms with Crippen molar-refractivity contribution in [1.82, 2.24) is 10.2 Å². The number of hydrogen-bond acceptors (Lipinski definition) is 3. The Morgan fingerprint density at radius 3 is 2.65 bits per heavy atom. The van der Waals surface area contributed by atoms with Crippen molar-refractivity contribution in [3.63, 3.8) is 0 Å². The number of carbonyl (C=O) groups excluding carboxylic acids is 1. The molecular weight excluding hydrogens is 274 g/mol. The molecule has 0 aliphatic rings. The fourth-order valence-corrected chi connectivity index (χ4v) is 2.07. The standard InChI is InChI=1S/C15H24ClN3O/c1-4-19(5-2)9-8-17-11-15(20)18-14-10-13(16)7-6-12(14)3/h6-7,10,17H,4-5,8-9,11H2,1-3H3,(H,18,20). The molecule has 4 nitrogen and oxygen atoms in total. The molecule has 0 radical (unpaired) electrons. The van der Waals surface area contributed by atoms with Gasteiger partial charge in [-0.2, -0.15) is 0 Å². The van der Waals surface area contributed by atoms with Crippen LogP contribution in [-0.4, -0.2) is 43.5 Å². The van der Waals surface area contributed by atoms with Crippen LogP contribution in [0.2, 0.25) is 5.02 Å². The van der Waals surface area contributed by atoms with Gasteiger partial charge >= 0.3 is 0 Å². The number of carbonyl (C=O) groups is 1. The van der Waals surface area contributed by atoms with E-state index in [1.165, 1.54) is 0 Å². The Bertz CT molecular complexity index is 433. The van der Waals surface area contributed by atoms with Crippen molar-refractivity contribution in [2.75, 3.05) is 38.0 Å². The molecule has 0 aliphatic heterocycles. The predicted octanol–water partition coefficient (Wildman–Crippen LogP) is 2.52. The maximum atomic E-state index is 11.8. The monoisotopic (exact) mass is 297 g/mol. The lowest BCUT2D eigenvalue weighted by atomic mass is 10.2. The first-order valence-electron chi connectivity index (χ1n) is 7.05. The molecule has 0 aromatic heterocycles. The van der Waals surface area contributed by atoms with E-state index in [1.54, 1.807) is 6.07 Å². The number of amides is 1. The summed E-state index contributed by atoms with van der Waals surface area (Å²) in [5, 5.41) is 6.64. The van der Waals surface area contributed by atoms with E-state index in [0.29, 0.717) is 11.6 Å². The van der Waals surface area contributed by atoms with Crippen LogP contribution in [0, 0.1) is 6.92 Å². The zero-order valence-electron chi connectivity index (χ0n) is 12.5. The lowest BCUT2D eigenvalue weighted by Gasteiger charge is -2.18. The predicted molar refractivity (Wildman–Crippen MR) is 85.5 cm³/mol. The summed E-state index contributed by atoms with van der Waals surface area (Å²) in [6.45, 7) is 10.4. The normalized spacial score (nSPS) is 10.8. The number of hydrogen-bond donors (Lipinski definition) is 2. The molecule has 0 saturated carbocycles. The molecule has 2 N–H and O–H groups in total. The average molecular weight is 298 g/mol. The second-order valence-electron chi connectivity index (χ2n) is 4.71. The number of halogens is 1. The molecule has 0 atom stereocenters. The van der Waals surface area contributed by atoms with Gasteiger partial charge in [-0.3, -0.25) is 4.79 Å². The number of benzene rings is 1. The minimum atomic E-state index is -0.0464. The average Bonchev–Trinajstić information content (AvgIpc) is 2.43. The van der Waals surface area contributed by atoms with Gasteiger partial charge in [0.2, 0.25) is 5.91 Å². The lowest BCUT2D eigenvalue weighted by Crippen LogP contribution is -2.35. The van der Waals surface area contributed by atoms with E-state index in [0.717, 1.165) is 37.4 Å². The Morgan fingerprint density at radius 2 is 2.00 bits per heavy atom. The summed E-state index contributed by atoms with van der Waals surface area (Å²) in [6.07, 6.45) is 0. The molecule has 1 rings (SSSR count). The van der Waals surface area contributed by atoms with E-state index < -0.39 is 0 Å². The Kier molecular flexibility index (Phi) is 7.59. The van der Waals surface area contributed by atoms with Crippen molar-refractivity contribution in [2.45, 2.75) is 20.8 Å². The molecule has 0 fully saturated rings. The SMILES string of the molecule is CCN(CC)CCNCC(=O)Nc1cc(Cl)ccc1C. The highest BCUT2D eigenvalue weighted by Crippen LogP contribution is 2.19. The van der Waals surface area contributed by atoms with E-state index in [4.69, 9.17) is 11.6 Å². The lowest BCUT2D eigenvalue weighted by molar-refractivity contribution is -0.115. The highest BCUT2D eigenvalue weighted by atomic mass is 35.5. The van der Waals surface area contributed by atoms with Gasteiger partial charge in [0.1, 0.15) is 0 Å². The highest BCUT2D eigenvalue weighted by molar-refractivity contribution is 6.31. The summed E-state index contributed by atoms with van der Waals surface area (Å²) >= 11 is 5.92. The number of anilines is 1. The Labute approximate surface area is 126 Å². The van der Waals surface area contributed by atoms with E-state index in [2.05, 4.69) is 29.4 Å². The summed E-state index contributed by atoms with van der Waals surface area (Å²) < 4.78 is 0. The number of aryl methyl sites for hydroxylation is 1. The molecule has 0 saturated heterocycles. The summed E-state index contributed by atoms with van der Waals surface area (Å²) in [7, 11) is 0. The van der Waals surface area contributed by atoms with Crippen LogP contribution < -0.4 is 10.6 Å². The van der Waals surface area contributed by atoms with Crippen LogP contribution in [0.4, 0.5) is 5.69 Å². The first-order chi connectivity index (χ1) is 9.56. The molecule has 0 heterocycles. The quantitative estimate of drug-likeness (QED) is 0.725. The molecular formula is C15H24ClN3O. The van der Waals surface area contributed by atoms with Crippen LogP contribution in [0.5, 0.6) is 0 Å². The summed E-state index contributed by atoms with van der Waals surface area (Å²) in [5.41, 5.74) is 1.78. The van der Waals surface area contributed by atoms with Crippen molar-refractivity contribution in [1.29, 1.82) is 0 Å². The van der Waals surface area contributed by atoms with E-state index in [1.807, 2.05) is 19.1 Å².